The average molecular weight is 537 g/mol. The summed E-state index contributed by atoms with van der Waals surface area (Å²) in [5.41, 5.74) is 12.8. The molecule has 3 aromatic rings. The van der Waals surface area contributed by atoms with Crippen LogP contribution in [0, 0.1) is 0 Å². The van der Waals surface area contributed by atoms with Crippen molar-refractivity contribution in [2.45, 2.75) is 43.8 Å². The SMILES string of the molecule is NCC(=O)NC(CCC(N)=O)C(=O)NC(Cc1ccccc1)C(=O)NC(Cc1c[nH]c2ccccc12)C(=O)O. The van der Waals surface area contributed by atoms with Gasteiger partial charge in [0.2, 0.25) is 23.6 Å². The Morgan fingerprint density at radius 2 is 1.46 bits per heavy atom. The normalized spacial score (nSPS) is 13.2. The van der Waals surface area contributed by atoms with Crippen LogP contribution in [0.3, 0.4) is 0 Å². The molecular weight excluding hydrogens is 504 g/mol. The monoisotopic (exact) mass is 536 g/mol. The van der Waals surface area contributed by atoms with Gasteiger partial charge in [-0.15, -0.1) is 0 Å². The highest BCUT2D eigenvalue weighted by Crippen LogP contribution is 2.19. The first kappa shape index (κ1) is 28.9. The van der Waals surface area contributed by atoms with E-state index in [2.05, 4.69) is 20.9 Å². The summed E-state index contributed by atoms with van der Waals surface area (Å²) in [7, 11) is 0. The third-order valence-corrected chi connectivity index (χ3v) is 6.15. The van der Waals surface area contributed by atoms with Crippen molar-refractivity contribution in [1.29, 1.82) is 0 Å². The molecule has 4 amide bonds. The minimum atomic E-state index is -1.28. The van der Waals surface area contributed by atoms with E-state index in [4.69, 9.17) is 11.5 Å². The van der Waals surface area contributed by atoms with Gasteiger partial charge >= 0.3 is 5.97 Å². The molecule has 1 aromatic heterocycles. The van der Waals surface area contributed by atoms with Crippen molar-refractivity contribution in [2.75, 3.05) is 6.54 Å². The van der Waals surface area contributed by atoms with E-state index in [9.17, 15) is 29.1 Å². The Morgan fingerprint density at radius 3 is 2.13 bits per heavy atom. The minimum absolute atomic E-state index is 0.00485. The fraction of sp³-hybridized carbons (Fsp3) is 0.296. The summed E-state index contributed by atoms with van der Waals surface area (Å²) < 4.78 is 0. The first-order chi connectivity index (χ1) is 18.7. The predicted molar refractivity (Wildman–Crippen MR) is 143 cm³/mol. The van der Waals surface area contributed by atoms with Gasteiger partial charge in [0.15, 0.2) is 0 Å². The third kappa shape index (κ3) is 8.40. The van der Waals surface area contributed by atoms with Gasteiger partial charge in [0, 0.05) is 36.4 Å². The summed E-state index contributed by atoms with van der Waals surface area (Å²) in [5, 5.41) is 18.3. The summed E-state index contributed by atoms with van der Waals surface area (Å²) in [6.45, 7) is -0.386. The van der Waals surface area contributed by atoms with Gasteiger partial charge in [0.1, 0.15) is 18.1 Å². The average Bonchev–Trinajstić information content (AvgIpc) is 3.33. The number of primary amides is 1. The number of carboxylic acids is 1. The highest BCUT2D eigenvalue weighted by Gasteiger charge is 2.30. The summed E-state index contributed by atoms with van der Waals surface area (Å²) >= 11 is 0. The molecular formula is C27H32N6O6. The number of amides is 4. The number of aliphatic carboxylic acids is 1. The van der Waals surface area contributed by atoms with Crippen LogP contribution in [-0.2, 0) is 36.8 Å². The zero-order chi connectivity index (χ0) is 28.4. The molecule has 1 heterocycles. The van der Waals surface area contributed by atoms with Crippen molar-refractivity contribution in [2.24, 2.45) is 11.5 Å². The van der Waals surface area contributed by atoms with Crippen molar-refractivity contribution >= 4 is 40.5 Å². The lowest BCUT2D eigenvalue weighted by atomic mass is 10.0. The molecule has 12 heteroatoms. The van der Waals surface area contributed by atoms with Gasteiger partial charge in [-0.2, -0.15) is 0 Å². The van der Waals surface area contributed by atoms with Crippen molar-refractivity contribution in [3.8, 4) is 0 Å². The molecule has 3 unspecified atom stereocenters. The van der Waals surface area contributed by atoms with Gasteiger partial charge < -0.3 is 37.5 Å². The van der Waals surface area contributed by atoms with Gasteiger partial charge in [-0.3, -0.25) is 19.2 Å². The highest BCUT2D eigenvalue weighted by atomic mass is 16.4. The Hall–Kier alpha value is -4.71. The lowest BCUT2D eigenvalue weighted by Gasteiger charge is -2.24. The van der Waals surface area contributed by atoms with Crippen LogP contribution in [0.25, 0.3) is 10.9 Å². The van der Waals surface area contributed by atoms with Gasteiger partial charge in [0.25, 0.3) is 0 Å². The van der Waals surface area contributed by atoms with E-state index in [1.165, 1.54) is 0 Å². The molecule has 0 saturated heterocycles. The second-order valence-electron chi connectivity index (χ2n) is 9.04. The zero-order valence-corrected chi connectivity index (χ0v) is 21.2. The molecule has 0 aliphatic rings. The number of nitrogens with two attached hydrogens (primary N) is 2. The molecule has 0 spiro atoms. The van der Waals surface area contributed by atoms with Gasteiger partial charge in [0.05, 0.1) is 6.54 Å². The van der Waals surface area contributed by atoms with Gasteiger partial charge in [-0.1, -0.05) is 48.5 Å². The van der Waals surface area contributed by atoms with Crippen molar-refractivity contribution in [3.63, 3.8) is 0 Å². The van der Waals surface area contributed by atoms with E-state index >= 15 is 0 Å². The molecule has 0 aliphatic carbocycles. The molecule has 0 aliphatic heterocycles. The molecule has 0 saturated carbocycles. The van der Waals surface area contributed by atoms with E-state index in [1.54, 1.807) is 36.5 Å². The fourth-order valence-corrected chi connectivity index (χ4v) is 4.13. The smallest absolute Gasteiger partial charge is 0.326 e. The summed E-state index contributed by atoms with van der Waals surface area (Å²) in [5.74, 6) is -4.01. The van der Waals surface area contributed by atoms with Crippen LogP contribution in [0.2, 0.25) is 0 Å². The largest absolute Gasteiger partial charge is 0.480 e. The fourth-order valence-electron chi connectivity index (χ4n) is 4.13. The Bertz CT molecular complexity index is 1320. The molecule has 39 heavy (non-hydrogen) atoms. The maximum Gasteiger partial charge on any atom is 0.326 e. The summed E-state index contributed by atoms with van der Waals surface area (Å²) in [6.07, 6.45) is 1.45. The second-order valence-corrected chi connectivity index (χ2v) is 9.04. The number of hydrogen-bond donors (Lipinski definition) is 7. The number of rotatable bonds is 14. The van der Waals surface area contributed by atoms with E-state index in [1.807, 2.05) is 24.3 Å². The van der Waals surface area contributed by atoms with Gasteiger partial charge in [-0.05, 0) is 23.6 Å². The molecule has 0 bridgehead atoms. The predicted octanol–water partition coefficient (Wildman–Crippen LogP) is -0.284. The van der Waals surface area contributed by atoms with E-state index < -0.39 is 47.7 Å². The number of para-hydroxylation sites is 1. The van der Waals surface area contributed by atoms with E-state index in [0.29, 0.717) is 11.1 Å². The molecule has 3 atom stereocenters. The zero-order valence-electron chi connectivity index (χ0n) is 21.2. The van der Waals surface area contributed by atoms with Crippen LogP contribution >= 0.6 is 0 Å². The van der Waals surface area contributed by atoms with Crippen LogP contribution in [0.1, 0.15) is 24.0 Å². The molecule has 3 rings (SSSR count). The Kier molecular flexibility index (Phi) is 10.2. The number of aromatic amines is 1. The van der Waals surface area contributed by atoms with Crippen LogP contribution in [-0.4, -0.2) is 64.4 Å². The lowest BCUT2D eigenvalue weighted by Crippen LogP contribution is -2.57. The van der Waals surface area contributed by atoms with Crippen LogP contribution in [0.15, 0.2) is 60.8 Å². The Balaban J connectivity index is 1.81. The number of fused-ring (bicyclic) bond motifs is 1. The first-order valence-electron chi connectivity index (χ1n) is 12.4. The highest BCUT2D eigenvalue weighted by molar-refractivity contribution is 5.94. The summed E-state index contributed by atoms with van der Waals surface area (Å²) in [4.78, 5) is 64.8. The minimum Gasteiger partial charge on any atom is -0.480 e. The number of H-pyrrole nitrogens is 1. The third-order valence-electron chi connectivity index (χ3n) is 6.15. The number of carbonyl (C=O) groups is 5. The van der Waals surface area contributed by atoms with Crippen molar-refractivity contribution in [3.05, 3.63) is 71.9 Å². The lowest BCUT2D eigenvalue weighted by molar-refractivity contribution is -0.142. The van der Waals surface area contributed by atoms with Crippen molar-refractivity contribution in [1.82, 2.24) is 20.9 Å². The van der Waals surface area contributed by atoms with Gasteiger partial charge in [-0.25, -0.2) is 4.79 Å². The number of hydrogen-bond acceptors (Lipinski definition) is 6. The van der Waals surface area contributed by atoms with E-state index in [-0.39, 0.29) is 32.2 Å². The molecule has 206 valence electrons. The Morgan fingerprint density at radius 1 is 0.821 bits per heavy atom. The second kappa shape index (κ2) is 13.7. The molecule has 12 nitrogen and oxygen atoms in total. The molecule has 9 N–H and O–H groups in total. The van der Waals surface area contributed by atoms with Crippen molar-refractivity contribution < 1.29 is 29.1 Å². The number of nitrogens with one attached hydrogen (secondary N) is 4. The number of aromatic nitrogens is 1. The van der Waals surface area contributed by atoms with Crippen LogP contribution in [0.5, 0.6) is 0 Å². The molecule has 0 fully saturated rings. The van der Waals surface area contributed by atoms with E-state index in [0.717, 1.165) is 10.9 Å². The number of carbonyl (C=O) groups excluding carboxylic acids is 4. The Labute approximate surface area is 224 Å². The first-order valence-corrected chi connectivity index (χ1v) is 12.4. The maximum atomic E-state index is 13.4. The topological polar surface area (TPSA) is 209 Å². The molecule has 0 radical (unpaired) electrons. The number of benzene rings is 2. The maximum absolute atomic E-state index is 13.4. The van der Waals surface area contributed by atoms with Crippen LogP contribution < -0.4 is 27.4 Å². The molecule has 2 aromatic carbocycles. The quantitative estimate of drug-likeness (QED) is 0.146. The number of carboxylic acid groups (broad SMARTS) is 1. The summed E-state index contributed by atoms with van der Waals surface area (Å²) in [6, 6.07) is 12.6. The van der Waals surface area contributed by atoms with Crippen LogP contribution in [0.4, 0.5) is 0 Å². The standard InChI is InChI=1S/C27H32N6O6/c28-14-24(35)31-20(10-11-23(29)34)25(36)32-21(12-16-6-2-1-3-7-16)26(37)33-22(27(38)39)13-17-15-30-19-9-5-4-8-18(17)19/h1-9,15,20-22,30H,10-14,28H2,(H2,29,34)(H,31,35)(H,32,36)(H,33,37)(H,38,39).